The lowest BCUT2D eigenvalue weighted by Gasteiger charge is -2.18. The van der Waals surface area contributed by atoms with E-state index in [1.807, 2.05) is 0 Å². The molecule has 1 unspecified atom stereocenters. The van der Waals surface area contributed by atoms with Crippen LogP contribution >= 0.6 is 0 Å². The van der Waals surface area contributed by atoms with Crippen LogP contribution in [0.2, 0.25) is 0 Å². The average Bonchev–Trinajstić information content (AvgIpc) is 2.43. The molecule has 0 heterocycles. The van der Waals surface area contributed by atoms with Gasteiger partial charge in [0.05, 0.1) is 0 Å². The van der Waals surface area contributed by atoms with Crippen LogP contribution in [0.4, 0.5) is 0 Å². The molecule has 0 spiro atoms. The van der Waals surface area contributed by atoms with Crippen LogP contribution in [0, 0.1) is 23.7 Å². The Morgan fingerprint density at radius 3 is 1.85 bits per heavy atom. The molecule has 0 nitrogen and oxygen atoms in total. The number of hydrogen-bond donors (Lipinski definition) is 0. The normalized spacial score (nSPS) is 12.2. The standard InChI is InChI=1S/C20H38/c1-5-7-9-11-12-13-14-16-18-20(19(3)4)17-15-10-8-6-2/h19-20H,5-9,11-14,16-18H2,1-4H3. The molecule has 118 valence electrons. The highest BCUT2D eigenvalue weighted by atomic mass is 14.2. The Morgan fingerprint density at radius 1 is 0.700 bits per heavy atom. The zero-order valence-electron chi connectivity index (χ0n) is 14.6. The van der Waals surface area contributed by atoms with Gasteiger partial charge in [-0.3, -0.25) is 0 Å². The van der Waals surface area contributed by atoms with Crippen molar-refractivity contribution in [1.82, 2.24) is 0 Å². The van der Waals surface area contributed by atoms with E-state index in [-0.39, 0.29) is 0 Å². The van der Waals surface area contributed by atoms with Gasteiger partial charge in [-0.05, 0) is 24.7 Å². The Balaban J connectivity index is 3.59. The summed E-state index contributed by atoms with van der Waals surface area (Å²) in [6.07, 6.45) is 16.2. The highest BCUT2D eigenvalue weighted by Crippen LogP contribution is 2.22. The van der Waals surface area contributed by atoms with Gasteiger partial charge >= 0.3 is 0 Å². The Bertz CT molecular complexity index is 240. The molecule has 1 atom stereocenters. The summed E-state index contributed by atoms with van der Waals surface area (Å²) in [5, 5.41) is 0. The van der Waals surface area contributed by atoms with Crippen molar-refractivity contribution < 1.29 is 0 Å². The molecule has 0 saturated heterocycles. The molecule has 0 aliphatic heterocycles. The fraction of sp³-hybridized carbons (Fsp3) is 0.900. The topological polar surface area (TPSA) is 0 Å². The third kappa shape index (κ3) is 12.6. The Hall–Kier alpha value is -0.440. The molecule has 0 heteroatoms. The molecule has 0 aromatic heterocycles. The van der Waals surface area contributed by atoms with Crippen LogP contribution in [0.15, 0.2) is 0 Å². The maximum absolute atomic E-state index is 3.39. The molecule has 20 heavy (non-hydrogen) atoms. The average molecular weight is 279 g/mol. The molecular weight excluding hydrogens is 240 g/mol. The second-order valence-corrected chi connectivity index (χ2v) is 6.58. The molecule has 0 aromatic carbocycles. The summed E-state index contributed by atoms with van der Waals surface area (Å²) in [4.78, 5) is 0. The summed E-state index contributed by atoms with van der Waals surface area (Å²) in [7, 11) is 0. The van der Waals surface area contributed by atoms with E-state index in [0.29, 0.717) is 0 Å². The molecule has 0 fully saturated rings. The summed E-state index contributed by atoms with van der Waals surface area (Å²) in [6.45, 7) is 9.21. The van der Waals surface area contributed by atoms with Crippen LogP contribution in [-0.2, 0) is 0 Å². The minimum Gasteiger partial charge on any atom is -0.103 e. The quantitative estimate of drug-likeness (QED) is 0.267. The highest BCUT2D eigenvalue weighted by molar-refractivity contribution is 5.00. The fourth-order valence-electron chi connectivity index (χ4n) is 2.63. The first-order chi connectivity index (χ1) is 9.72. The summed E-state index contributed by atoms with van der Waals surface area (Å²) in [5.41, 5.74) is 0. The summed E-state index contributed by atoms with van der Waals surface area (Å²) in [5.74, 6) is 8.30. The first kappa shape index (κ1) is 19.6. The molecule has 0 aliphatic carbocycles. The Labute approximate surface area is 129 Å². The van der Waals surface area contributed by atoms with Crippen molar-refractivity contribution in [3.8, 4) is 11.8 Å². The van der Waals surface area contributed by atoms with E-state index in [4.69, 9.17) is 0 Å². The molecular formula is C20H38. The van der Waals surface area contributed by atoms with E-state index in [9.17, 15) is 0 Å². The van der Waals surface area contributed by atoms with Crippen LogP contribution in [-0.4, -0.2) is 0 Å². The Kier molecular flexibility index (Phi) is 14.6. The largest absolute Gasteiger partial charge is 0.103 e. The van der Waals surface area contributed by atoms with Crippen molar-refractivity contribution in [1.29, 1.82) is 0 Å². The molecule has 0 N–H and O–H groups in total. The van der Waals surface area contributed by atoms with E-state index in [0.717, 1.165) is 24.7 Å². The molecule has 0 aliphatic rings. The summed E-state index contributed by atoms with van der Waals surface area (Å²) < 4.78 is 0. The van der Waals surface area contributed by atoms with Crippen molar-refractivity contribution in [3.05, 3.63) is 0 Å². The minimum absolute atomic E-state index is 0.787. The van der Waals surface area contributed by atoms with E-state index < -0.39 is 0 Å². The third-order valence-corrected chi connectivity index (χ3v) is 4.24. The maximum atomic E-state index is 3.39. The molecule has 0 amide bonds. The van der Waals surface area contributed by atoms with E-state index in [2.05, 4.69) is 39.5 Å². The fourth-order valence-corrected chi connectivity index (χ4v) is 2.63. The molecule has 0 aromatic rings. The van der Waals surface area contributed by atoms with Gasteiger partial charge in [0.15, 0.2) is 0 Å². The number of hydrogen-bond acceptors (Lipinski definition) is 0. The van der Waals surface area contributed by atoms with Crippen molar-refractivity contribution in [2.24, 2.45) is 11.8 Å². The van der Waals surface area contributed by atoms with E-state index in [1.165, 1.54) is 64.2 Å². The predicted molar refractivity (Wildman–Crippen MR) is 92.9 cm³/mol. The second-order valence-electron chi connectivity index (χ2n) is 6.58. The zero-order valence-corrected chi connectivity index (χ0v) is 14.6. The monoisotopic (exact) mass is 278 g/mol. The molecule has 0 radical (unpaired) electrons. The van der Waals surface area contributed by atoms with Gasteiger partial charge in [-0.2, -0.15) is 0 Å². The van der Waals surface area contributed by atoms with Gasteiger partial charge in [0.1, 0.15) is 0 Å². The van der Waals surface area contributed by atoms with Crippen molar-refractivity contribution in [2.75, 3.05) is 0 Å². The van der Waals surface area contributed by atoms with Crippen molar-refractivity contribution in [3.63, 3.8) is 0 Å². The SMILES string of the molecule is CCCC#CCC(CCCCCCCCCC)C(C)C. The minimum atomic E-state index is 0.787. The Morgan fingerprint density at radius 2 is 1.30 bits per heavy atom. The van der Waals surface area contributed by atoms with Crippen LogP contribution in [0.5, 0.6) is 0 Å². The van der Waals surface area contributed by atoms with Gasteiger partial charge in [-0.1, -0.05) is 79.1 Å². The number of unbranched alkanes of at least 4 members (excludes halogenated alkanes) is 8. The van der Waals surface area contributed by atoms with E-state index in [1.54, 1.807) is 0 Å². The predicted octanol–water partition coefficient (Wildman–Crippen LogP) is 6.98. The smallest absolute Gasteiger partial charge is 0.0119 e. The maximum Gasteiger partial charge on any atom is 0.0119 e. The van der Waals surface area contributed by atoms with Gasteiger partial charge in [0.2, 0.25) is 0 Å². The van der Waals surface area contributed by atoms with Crippen molar-refractivity contribution >= 4 is 0 Å². The van der Waals surface area contributed by atoms with Crippen LogP contribution in [0.3, 0.4) is 0 Å². The lowest BCUT2D eigenvalue weighted by Crippen LogP contribution is -2.07. The van der Waals surface area contributed by atoms with Gasteiger partial charge in [-0.25, -0.2) is 0 Å². The summed E-state index contributed by atoms with van der Waals surface area (Å²) >= 11 is 0. The first-order valence-electron chi connectivity index (χ1n) is 9.18. The number of rotatable bonds is 12. The van der Waals surface area contributed by atoms with Gasteiger partial charge in [0.25, 0.3) is 0 Å². The molecule has 0 rings (SSSR count). The summed E-state index contributed by atoms with van der Waals surface area (Å²) in [6, 6.07) is 0. The van der Waals surface area contributed by atoms with Gasteiger partial charge in [-0.15, -0.1) is 11.8 Å². The van der Waals surface area contributed by atoms with Crippen LogP contribution in [0.25, 0.3) is 0 Å². The van der Waals surface area contributed by atoms with Gasteiger partial charge < -0.3 is 0 Å². The first-order valence-corrected chi connectivity index (χ1v) is 9.18. The third-order valence-electron chi connectivity index (χ3n) is 4.24. The molecule has 0 bridgehead atoms. The zero-order chi connectivity index (χ0) is 15.1. The van der Waals surface area contributed by atoms with Crippen molar-refractivity contribution in [2.45, 2.75) is 105 Å². The van der Waals surface area contributed by atoms with Crippen LogP contribution in [0.1, 0.15) is 105 Å². The second kappa shape index (κ2) is 15.0. The van der Waals surface area contributed by atoms with E-state index >= 15 is 0 Å². The lowest BCUT2D eigenvalue weighted by molar-refractivity contribution is 0.352. The molecule has 0 saturated carbocycles. The lowest BCUT2D eigenvalue weighted by atomic mass is 9.87. The highest BCUT2D eigenvalue weighted by Gasteiger charge is 2.11. The van der Waals surface area contributed by atoms with Crippen LogP contribution < -0.4 is 0 Å². The van der Waals surface area contributed by atoms with Gasteiger partial charge in [0, 0.05) is 12.8 Å².